The third-order valence-corrected chi connectivity index (χ3v) is 7.57. The number of benzene rings is 2. The molecule has 2 aliphatic heterocycles. The van der Waals surface area contributed by atoms with Crippen molar-refractivity contribution in [3.63, 3.8) is 0 Å². The topological polar surface area (TPSA) is 41.1 Å². The van der Waals surface area contributed by atoms with Gasteiger partial charge in [-0.15, -0.1) is 24.8 Å². The summed E-state index contributed by atoms with van der Waals surface area (Å²) in [4.78, 5) is 11.9. The lowest BCUT2D eigenvalue weighted by atomic mass is 9.73. The van der Waals surface area contributed by atoms with Gasteiger partial charge in [0.05, 0.1) is 0 Å². The van der Waals surface area contributed by atoms with Crippen LogP contribution < -0.4 is 10.2 Å². The Balaban J connectivity index is 0.00000122. The second-order valence-corrected chi connectivity index (χ2v) is 9.39. The highest BCUT2D eigenvalue weighted by Gasteiger charge is 2.52. The van der Waals surface area contributed by atoms with Crippen molar-refractivity contribution in [2.45, 2.75) is 43.6 Å². The molecule has 1 saturated heterocycles. The number of hydrogen-bond acceptors (Lipinski definition) is 4. The Hall–Kier alpha value is -1.85. The summed E-state index contributed by atoms with van der Waals surface area (Å²) < 4.78 is 0. The second-order valence-electron chi connectivity index (χ2n) is 8.95. The SMILES string of the molecule is C[C@@H]1CCc2ncnc(N3C[C@]4(CCN[C@@H]4c4ccccc4)c4cc(Cl)ccc43)c21.Cl.Cl. The zero-order valence-corrected chi connectivity index (χ0v) is 20.3. The molecule has 0 amide bonds. The number of rotatable bonds is 2. The highest BCUT2D eigenvalue weighted by atomic mass is 35.5. The lowest BCUT2D eigenvalue weighted by Gasteiger charge is -2.33. The first-order valence-electron chi connectivity index (χ1n) is 10.9. The summed E-state index contributed by atoms with van der Waals surface area (Å²) in [5.41, 5.74) is 6.44. The quantitative estimate of drug-likeness (QED) is 0.469. The van der Waals surface area contributed by atoms with E-state index >= 15 is 0 Å². The number of nitrogens with zero attached hydrogens (tertiary/aromatic N) is 3. The molecule has 1 fully saturated rings. The molecule has 3 aromatic rings. The Morgan fingerprint density at radius 1 is 1.09 bits per heavy atom. The van der Waals surface area contributed by atoms with Crippen molar-refractivity contribution in [1.29, 1.82) is 0 Å². The standard InChI is InChI=1S/C25H25ClN4.2ClH/c1-16-7-9-20-22(16)24(29-15-28-20)30-14-25(19-13-18(26)8-10-21(19)30)11-12-27-23(25)17-5-3-2-4-6-17;;/h2-6,8,10,13,15-16,23,27H,7,9,11-12,14H2,1H3;2*1H/t16-,23-,25-;;/m1../s1. The minimum atomic E-state index is -0.0265. The third-order valence-electron chi connectivity index (χ3n) is 7.34. The molecule has 3 atom stereocenters. The molecule has 0 radical (unpaired) electrons. The summed E-state index contributed by atoms with van der Waals surface area (Å²) in [5, 5.41) is 4.60. The molecular weight excluding hydrogens is 463 g/mol. The number of aryl methyl sites for hydroxylation is 1. The van der Waals surface area contributed by atoms with Crippen molar-refractivity contribution in [1.82, 2.24) is 15.3 Å². The second kappa shape index (κ2) is 8.83. The fourth-order valence-electron chi connectivity index (χ4n) is 5.94. The monoisotopic (exact) mass is 488 g/mol. The molecule has 3 heterocycles. The summed E-state index contributed by atoms with van der Waals surface area (Å²) in [6, 6.07) is 17.5. The molecule has 6 rings (SSSR count). The van der Waals surface area contributed by atoms with Gasteiger partial charge in [-0.3, -0.25) is 0 Å². The van der Waals surface area contributed by atoms with Crippen LogP contribution in [0.5, 0.6) is 0 Å². The van der Waals surface area contributed by atoms with Crippen molar-refractivity contribution < 1.29 is 0 Å². The van der Waals surface area contributed by atoms with Crippen LogP contribution in [0.1, 0.15) is 54.1 Å². The van der Waals surface area contributed by atoms with E-state index in [0.717, 1.165) is 43.2 Å². The van der Waals surface area contributed by atoms with Crippen LogP contribution in [0.4, 0.5) is 11.5 Å². The van der Waals surface area contributed by atoms with Crippen LogP contribution >= 0.6 is 36.4 Å². The summed E-state index contributed by atoms with van der Waals surface area (Å²) in [7, 11) is 0. The Bertz CT molecular complexity index is 1120. The Morgan fingerprint density at radius 3 is 2.72 bits per heavy atom. The molecule has 2 aromatic carbocycles. The maximum Gasteiger partial charge on any atom is 0.140 e. The van der Waals surface area contributed by atoms with Crippen molar-refractivity contribution >= 4 is 47.9 Å². The average Bonchev–Trinajstić information content (AvgIpc) is 3.46. The van der Waals surface area contributed by atoms with Gasteiger partial charge in [0.2, 0.25) is 0 Å². The minimum absolute atomic E-state index is 0. The van der Waals surface area contributed by atoms with Gasteiger partial charge in [0.25, 0.3) is 0 Å². The molecule has 0 saturated carbocycles. The largest absolute Gasteiger partial charge is 0.325 e. The summed E-state index contributed by atoms with van der Waals surface area (Å²) in [5.74, 6) is 1.58. The van der Waals surface area contributed by atoms with E-state index in [9.17, 15) is 0 Å². The van der Waals surface area contributed by atoms with Crippen LogP contribution in [0.25, 0.3) is 0 Å². The number of halogens is 3. The first kappa shape index (κ1) is 23.3. The molecule has 4 nitrogen and oxygen atoms in total. The van der Waals surface area contributed by atoms with Crippen molar-refractivity contribution in [3.8, 4) is 0 Å². The zero-order valence-electron chi connectivity index (χ0n) is 17.9. The predicted octanol–water partition coefficient (Wildman–Crippen LogP) is 6.15. The molecule has 168 valence electrons. The molecule has 0 bridgehead atoms. The van der Waals surface area contributed by atoms with Gasteiger partial charge < -0.3 is 10.2 Å². The molecule has 7 heteroatoms. The van der Waals surface area contributed by atoms with E-state index in [-0.39, 0.29) is 36.3 Å². The minimum Gasteiger partial charge on any atom is -0.325 e. The van der Waals surface area contributed by atoms with Crippen LogP contribution in [-0.2, 0) is 11.8 Å². The maximum atomic E-state index is 6.52. The summed E-state index contributed by atoms with van der Waals surface area (Å²) >= 11 is 6.52. The summed E-state index contributed by atoms with van der Waals surface area (Å²) in [6.07, 6.45) is 5.03. The Morgan fingerprint density at radius 2 is 1.91 bits per heavy atom. The van der Waals surface area contributed by atoms with Crippen LogP contribution in [0.3, 0.4) is 0 Å². The number of aromatic nitrogens is 2. The fraction of sp³-hybridized carbons (Fsp3) is 0.360. The molecule has 1 aromatic heterocycles. The average molecular weight is 490 g/mol. The van der Waals surface area contributed by atoms with E-state index < -0.39 is 0 Å². The van der Waals surface area contributed by atoms with Gasteiger partial charge >= 0.3 is 0 Å². The predicted molar refractivity (Wildman–Crippen MR) is 135 cm³/mol. The Labute approximate surface area is 206 Å². The number of anilines is 2. The van der Waals surface area contributed by atoms with Crippen LogP contribution in [0, 0.1) is 0 Å². The van der Waals surface area contributed by atoms with E-state index in [2.05, 4.69) is 64.6 Å². The van der Waals surface area contributed by atoms with E-state index in [4.69, 9.17) is 16.6 Å². The molecule has 32 heavy (non-hydrogen) atoms. The number of hydrogen-bond donors (Lipinski definition) is 1. The smallest absolute Gasteiger partial charge is 0.140 e. The van der Waals surface area contributed by atoms with Crippen molar-refractivity contribution in [3.05, 3.63) is 82.3 Å². The van der Waals surface area contributed by atoms with Crippen LogP contribution in [0.2, 0.25) is 5.02 Å². The van der Waals surface area contributed by atoms with Gasteiger partial charge in [0.15, 0.2) is 0 Å². The van der Waals surface area contributed by atoms with Gasteiger partial charge in [-0.1, -0.05) is 48.9 Å². The van der Waals surface area contributed by atoms with Crippen molar-refractivity contribution in [2.24, 2.45) is 0 Å². The number of fused-ring (bicyclic) bond motifs is 3. The maximum absolute atomic E-state index is 6.52. The van der Waals surface area contributed by atoms with Crippen LogP contribution in [-0.4, -0.2) is 23.1 Å². The highest BCUT2D eigenvalue weighted by molar-refractivity contribution is 6.30. The lowest BCUT2D eigenvalue weighted by Crippen LogP contribution is -2.37. The Kier molecular flexibility index (Phi) is 6.43. The van der Waals surface area contributed by atoms with Gasteiger partial charge in [-0.05, 0) is 61.1 Å². The fourth-order valence-corrected chi connectivity index (χ4v) is 6.12. The number of nitrogens with one attached hydrogen (secondary N) is 1. The van der Waals surface area contributed by atoms with Gasteiger partial charge in [0.1, 0.15) is 12.1 Å². The molecular formula is C25H27Cl3N4. The summed E-state index contributed by atoms with van der Waals surface area (Å²) in [6.45, 7) is 4.21. The lowest BCUT2D eigenvalue weighted by molar-refractivity contribution is 0.404. The third kappa shape index (κ3) is 3.40. The van der Waals surface area contributed by atoms with E-state index in [1.54, 1.807) is 6.33 Å². The van der Waals surface area contributed by atoms with Crippen molar-refractivity contribution in [2.75, 3.05) is 18.0 Å². The van der Waals surface area contributed by atoms with Gasteiger partial charge in [-0.25, -0.2) is 9.97 Å². The first-order chi connectivity index (χ1) is 14.7. The molecule has 1 N–H and O–H groups in total. The molecule has 3 aliphatic rings. The molecule has 1 spiro atoms. The molecule has 1 aliphatic carbocycles. The van der Waals surface area contributed by atoms with E-state index in [1.807, 2.05) is 6.07 Å². The first-order valence-corrected chi connectivity index (χ1v) is 11.2. The zero-order chi connectivity index (χ0) is 20.3. The normalized spacial score (nSPS) is 25.2. The van der Waals surface area contributed by atoms with E-state index in [1.165, 1.54) is 28.1 Å². The van der Waals surface area contributed by atoms with Gasteiger partial charge in [-0.2, -0.15) is 0 Å². The highest BCUT2D eigenvalue weighted by Crippen LogP contribution is 2.55. The molecule has 0 unspecified atom stereocenters. The van der Waals surface area contributed by atoms with E-state index in [0.29, 0.717) is 5.92 Å². The van der Waals surface area contributed by atoms with Crippen LogP contribution in [0.15, 0.2) is 54.9 Å². The van der Waals surface area contributed by atoms with Gasteiger partial charge in [0, 0.05) is 40.0 Å².